The summed E-state index contributed by atoms with van der Waals surface area (Å²) in [6, 6.07) is 18.3. The fourth-order valence-corrected chi connectivity index (χ4v) is 4.00. The number of rotatable bonds is 4. The first kappa shape index (κ1) is 16.5. The molecule has 1 atom stereocenters. The smallest absolute Gasteiger partial charge is 0.328 e. The summed E-state index contributed by atoms with van der Waals surface area (Å²) in [5.74, 6) is -0.216. The quantitative estimate of drug-likeness (QED) is 0.840. The highest BCUT2D eigenvalue weighted by Gasteiger charge is 2.30. The van der Waals surface area contributed by atoms with Crippen LogP contribution < -0.4 is 0 Å². The highest BCUT2D eigenvalue weighted by molar-refractivity contribution is 7.99. The van der Waals surface area contributed by atoms with Crippen LogP contribution in [0, 0.1) is 0 Å². The van der Waals surface area contributed by atoms with Gasteiger partial charge in [-0.05, 0) is 18.6 Å². The van der Waals surface area contributed by atoms with E-state index in [2.05, 4.69) is 19.1 Å². The van der Waals surface area contributed by atoms with Crippen LogP contribution in [0.15, 0.2) is 76.6 Å². The highest BCUT2D eigenvalue weighted by Crippen LogP contribution is 2.36. The first-order valence-electron chi connectivity index (χ1n) is 7.93. The molecule has 2 aromatic carbocycles. The Morgan fingerprint density at radius 3 is 2.62 bits per heavy atom. The van der Waals surface area contributed by atoms with Crippen LogP contribution in [0.1, 0.15) is 24.5 Å². The Kier molecular flexibility index (Phi) is 4.86. The van der Waals surface area contributed by atoms with Gasteiger partial charge in [-0.25, -0.2) is 4.79 Å². The van der Waals surface area contributed by atoms with Gasteiger partial charge in [-0.3, -0.25) is 4.99 Å². The van der Waals surface area contributed by atoms with Crippen molar-refractivity contribution in [3.8, 4) is 0 Å². The lowest BCUT2D eigenvalue weighted by molar-refractivity contribution is -0.131. The molecule has 1 N–H and O–H groups in total. The molecule has 3 nitrogen and oxygen atoms in total. The van der Waals surface area contributed by atoms with Crippen molar-refractivity contribution in [1.29, 1.82) is 0 Å². The number of benzene rings is 2. The summed E-state index contributed by atoms with van der Waals surface area (Å²) in [6.07, 6.45) is 3.69. The van der Waals surface area contributed by atoms with Gasteiger partial charge >= 0.3 is 5.97 Å². The molecular formula is C20H19NO2S. The Hall–Kier alpha value is -2.33. The standard InChI is InChI=1S/C20H19NO2S/c1-2-20(13-12-18(22)23)14-24-17-11-7-6-10-16(17)19(21-20)15-8-4-3-5-9-15/h3-13H,2,14H2,1H3,(H,22,23). The molecule has 2 aromatic rings. The molecule has 0 amide bonds. The van der Waals surface area contributed by atoms with E-state index in [0.29, 0.717) is 0 Å². The zero-order valence-electron chi connectivity index (χ0n) is 13.5. The predicted octanol–water partition coefficient (Wildman–Crippen LogP) is 4.42. The number of carbonyl (C=O) groups is 1. The van der Waals surface area contributed by atoms with Crippen molar-refractivity contribution >= 4 is 23.4 Å². The molecule has 1 aliphatic rings. The van der Waals surface area contributed by atoms with Crippen molar-refractivity contribution in [3.63, 3.8) is 0 Å². The number of carboxylic acid groups (broad SMARTS) is 1. The van der Waals surface area contributed by atoms with Crippen LogP contribution in [-0.4, -0.2) is 28.1 Å². The van der Waals surface area contributed by atoms with Gasteiger partial charge < -0.3 is 5.11 Å². The fraction of sp³-hybridized carbons (Fsp3) is 0.200. The van der Waals surface area contributed by atoms with Crippen molar-refractivity contribution < 1.29 is 9.90 Å². The summed E-state index contributed by atoms with van der Waals surface area (Å²) < 4.78 is 0. The molecule has 1 aliphatic heterocycles. The van der Waals surface area contributed by atoms with Gasteiger partial charge in [0, 0.05) is 27.9 Å². The minimum atomic E-state index is -0.939. The van der Waals surface area contributed by atoms with E-state index >= 15 is 0 Å². The maximum absolute atomic E-state index is 11.0. The number of nitrogens with zero attached hydrogens (tertiary/aromatic N) is 1. The first-order valence-corrected chi connectivity index (χ1v) is 8.92. The third kappa shape index (κ3) is 3.44. The van der Waals surface area contributed by atoms with E-state index in [9.17, 15) is 4.79 Å². The van der Waals surface area contributed by atoms with Gasteiger partial charge in [0.25, 0.3) is 0 Å². The van der Waals surface area contributed by atoms with Crippen LogP contribution in [0.5, 0.6) is 0 Å². The Bertz CT molecular complexity index is 798. The monoisotopic (exact) mass is 337 g/mol. The summed E-state index contributed by atoms with van der Waals surface area (Å²) in [4.78, 5) is 17.2. The van der Waals surface area contributed by atoms with E-state index in [4.69, 9.17) is 10.1 Å². The number of thioether (sulfide) groups is 1. The minimum Gasteiger partial charge on any atom is -0.478 e. The largest absolute Gasteiger partial charge is 0.478 e. The molecule has 122 valence electrons. The number of hydrogen-bond donors (Lipinski definition) is 1. The maximum atomic E-state index is 11.0. The molecule has 0 bridgehead atoms. The van der Waals surface area contributed by atoms with Gasteiger partial charge in [0.05, 0.1) is 11.3 Å². The molecule has 3 rings (SSSR count). The van der Waals surface area contributed by atoms with Crippen LogP contribution in [0.4, 0.5) is 0 Å². The zero-order valence-corrected chi connectivity index (χ0v) is 14.3. The van der Waals surface area contributed by atoms with Gasteiger partial charge in [-0.15, -0.1) is 11.8 Å². The van der Waals surface area contributed by atoms with E-state index in [1.54, 1.807) is 17.8 Å². The minimum absolute atomic E-state index is 0.521. The summed E-state index contributed by atoms with van der Waals surface area (Å²) >= 11 is 1.73. The van der Waals surface area contributed by atoms with Crippen LogP contribution >= 0.6 is 11.8 Å². The number of carboxylic acids is 1. The van der Waals surface area contributed by atoms with Crippen LogP contribution in [0.25, 0.3) is 0 Å². The average molecular weight is 337 g/mol. The predicted molar refractivity (Wildman–Crippen MR) is 99.0 cm³/mol. The van der Waals surface area contributed by atoms with Crippen LogP contribution in [0.3, 0.4) is 0 Å². The van der Waals surface area contributed by atoms with E-state index in [1.165, 1.54) is 11.0 Å². The van der Waals surface area contributed by atoms with E-state index in [1.807, 2.05) is 42.5 Å². The van der Waals surface area contributed by atoms with Crippen LogP contribution in [-0.2, 0) is 4.79 Å². The van der Waals surface area contributed by atoms with Crippen molar-refractivity contribution in [2.75, 3.05) is 5.75 Å². The Labute approximate surface area is 146 Å². The topological polar surface area (TPSA) is 49.7 Å². The lowest BCUT2D eigenvalue weighted by atomic mass is 9.96. The summed E-state index contributed by atoms with van der Waals surface area (Å²) in [5, 5.41) is 9.04. The lowest BCUT2D eigenvalue weighted by Crippen LogP contribution is -2.27. The Morgan fingerprint density at radius 2 is 1.92 bits per heavy atom. The van der Waals surface area contributed by atoms with Crippen molar-refractivity contribution in [2.45, 2.75) is 23.8 Å². The molecule has 4 heteroatoms. The SMILES string of the molecule is CCC1(C=CC(=O)O)CSc2ccccc2C(c2ccccc2)=N1. The Morgan fingerprint density at radius 1 is 1.21 bits per heavy atom. The van der Waals surface area contributed by atoms with Crippen LogP contribution in [0.2, 0.25) is 0 Å². The molecule has 0 saturated heterocycles. The third-order valence-corrected chi connectivity index (χ3v) is 5.46. The average Bonchev–Trinajstić information content (AvgIpc) is 2.79. The number of hydrogen-bond acceptors (Lipinski definition) is 3. The fourth-order valence-electron chi connectivity index (χ4n) is 2.73. The first-order chi connectivity index (χ1) is 11.6. The second-order valence-corrected chi connectivity index (χ2v) is 6.76. The second kappa shape index (κ2) is 7.05. The van der Waals surface area contributed by atoms with Gasteiger partial charge in [-0.2, -0.15) is 0 Å². The van der Waals surface area contributed by atoms with Crippen molar-refractivity contribution in [3.05, 3.63) is 77.9 Å². The maximum Gasteiger partial charge on any atom is 0.328 e. The van der Waals surface area contributed by atoms with E-state index in [-0.39, 0.29) is 0 Å². The molecule has 0 spiro atoms. The Balaban J connectivity index is 2.18. The molecule has 24 heavy (non-hydrogen) atoms. The molecule has 0 aromatic heterocycles. The van der Waals surface area contributed by atoms with E-state index < -0.39 is 11.5 Å². The lowest BCUT2D eigenvalue weighted by Gasteiger charge is -2.24. The molecule has 0 fully saturated rings. The van der Waals surface area contributed by atoms with Gasteiger partial charge in [-0.1, -0.05) is 55.5 Å². The van der Waals surface area contributed by atoms with Crippen molar-refractivity contribution in [1.82, 2.24) is 0 Å². The van der Waals surface area contributed by atoms with Gasteiger partial charge in [0.1, 0.15) is 0 Å². The van der Waals surface area contributed by atoms with E-state index in [0.717, 1.165) is 29.0 Å². The molecular weight excluding hydrogens is 318 g/mol. The highest BCUT2D eigenvalue weighted by atomic mass is 32.2. The number of aliphatic carboxylic acids is 1. The summed E-state index contributed by atoms with van der Waals surface area (Å²) in [5.41, 5.74) is 2.56. The molecule has 0 radical (unpaired) electrons. The molecule has 0 saturated carbocycles. The summed E-state index contributed by atoms with van der Waals surface area (Å²) in [7, 11) is 0. The van der Waals surface area contributed by atoms with Gasteiger partial charge in [0.15, 0.2) is 0 Å². The second-order valence-electron chi connectivity index (χ2n) is 5.74. The normalized spacial score (nSPS) is 20.3. The van der Waals surface area contributed by atoms with Crippen molar-refractivity contribution in [2.24, 2.45) is 4.99 Å². The molecule has 1 heterocycles. The zero-order chi connectivity index (χ0) is 17.0. The molecule has 1 unspecified atom stereocenters. The third-order valence-electron chi connectivity index (χ3n) is 4.15. The molecule has 0 aliphatic carbocycles. The van der Waals surface area contributed by atoms with Gasteiger partial charge in [0.2, 0.25) is 0 Å². The number of fused-ring (bicyclic) bond motifs is 1. The summed E-state index contributed by atoms with van der Waals surface area (Å²) in [6.45, 7) is 2.05. The number of aliphatic imine (C=N–C) groups is 1.